The lowest BCUT2D eigenvalue weighted by Crippen LogP contribution is -2.48. The van der Waals surface area contributed by atoms with Gasteiger partial charge in [0.1, 0.15) is 5.75 Å². The van der Waals surface area contributed by atoms with Crippen molar-refractivity contribution in [1.82, 2.24) is 0 Å². The number of carbonyl (C=O) groups excluding carboxylic acids is 1. The van der Waals surface area contributed by atoms with Gasteiger partial charge in [-0.1, -0.05) is 78.7 Å². The van der Waals surface area contributed by atoms with Gasteiger partial charge in [-0.15, -0.1) is 0 Å². The van der Waals surface area contributed by atoms with E-state index in [1.54, 1.807) is 12.7 Å². The highest BCUT2D eigenvalue weighted by atomic mass is 28.4. The number of allylic oxidation sites excluding steroid dienone is 3. The number of ether oxygens (including phenoxy) is 1. The van der Waals surface area contributed by atoms with Crippen LogP contribution in [0.5, 0.6) is 5.75 Å². The minimum Gasteiger partial charge on any atom is -0.497 e. The average Bonchev–Trinajstić information content (AvgIpc) is 3.36. The first-order valence-corrected chi connectivity index (χ1v) is 25.4. The van der Waals surface area contributed by atoms with E-state index < -0.39 is 16.6 Å². The van der Waals surface area contributed by atoms with Crippen LogP contribution in [0, 0.1) is 23.2 Å². The third kappa shape index (κ3) is 9.70. The fourth-order valence-corrected chi connectivity index (χ4v) is 11.5. The van der Waals surface area contributed by atoms with Gasteiger partial charge in [0.25, 0.3) is 0 Å². The molecule has 0 amide bonds. The summed E-state index contributed by atoms with van der Waals surface area (Å²) in [5.41, 5.74) is 4.35. The number of hydrogen-bond acceptors (Lipinski definition) is 4. The van der Waals surface area contributed by atoms with E-state index in [1.165, 1.54) is 37.7 Å². The molecule has 276 valence electrons. The number of Topliss-reactive ketones (excluding diaryl/α,β-unsaturated/α-hetero) is 1. The third-order valence-electron chi connectivity index (χ3n) is 13.8. The molecule has 0 N–H and O–H groups in total. The van der Waals surface area contributed by atoms with Crippen molar-refractivity contribution in [3.05, 3.63) is 53.1 Å². The topological polar surface area (TPSA) is 44.8 Å². The molecule has 6 heteroatoms. The molecule has 1 aromatic carbocycles. The van der Waals surface area contributed by atoms with E-state index in [-0.39, 0.29) is 28.1 Å². The Morgan fingerprint density at radius 2 is 1.49 bits per heavy atom. The highest BCUT2D eigenvalue weighted by molar-refractivity contribution is 6.74. The van der Waals surface area contributed by atoms with Gasteiger partial charge in [-0.25, -0.2) is 0 Å². The van der Waals surface area contributed by atoms with Crippen LogP contribution in [0.4, 0.5) is 0 Å². The van der Waals surface area contributed by atoms with Crippen LogP contribution in [0.25, 0.3) is 0 Å². The van der Waals surface area contributed by atoms with Gasteiger partial charge in [0.15, 0.2) is 22.4 Å². The fourth-order valence-electron chi connectivity index (χ4n) is 8.78. The van der Waals surface area contributed by atoms with E-state index in [2.05, 4.69) is 93.7 Å². The van der Waals surface area contributed by atoms with E-state index in [0.29, 0.717) is 23.7 Å². The number of carbonyl (C=O) groups is 1. The van der Waals surface area contributed by atoms with E-state index in [1.807, 2.05) is 24.3 Å². The van der Waals surface area contributed by atoms with Crippen LogP contribution >= 0.6 is 0 Å². The van der Waals surface area contributed by atoms with Gasteiger partial charge in [0.2, 0.25) is 0 Å². The first-order chi connectivity index (χ1) is 22.7. The maximum absolute atomic E-state index is 12.9. The van der Waals surface area contributed by atoms with E-state index in [9.17, 15) is 4.79 Å². The highest BCUT2D eigenvalue weighted by Crippen LogP contribution is 2.60. The molecular formula is C43H72O4Si2. The van der Waals surface area contributed by atoms with Crippen molar-refractivity contribution in [3.63, 3.8) is 0 Å². The number of ketones is 1. The van der Waals surface area contributed by atoms with Gasteiger partial charge in [-0.2, -0.15) is 0 Å². The second kappa shape index (κ2) is 15.6. The molecule has 3 fully saturated rings. The Morgan fingerprint density at radius 1 is 0.918 bits per heavy atom. The lowest BCUT2D eigenvalue weighted by Gasteiger charge is -2.45. The van der Waals surface area contributed by atoms with Crippen molar-refractivity contribution in [2.24, 2.45) is 23.2 Å². The summed E-state index contributed by atoms with van der Waals surface area (Å²) in [7, 11) is -2.13. The molecule has 49 heavy (non-hydrogen) atoms. The van der Waals surface area contributed by atoms with Gasteiger partial charge in [0, 0.05) is 12.0 Å². The predicted octanol–water partition coefficient (Wildman–Crippen LogP) is 12.7. The summed E-state index contributed by atoms with van der Waals surface area (Å²) in [6, 6.07) is 7.57. The van der Waals surface area contributed by atoms with Crippen molar-refractivity contribution >= 4 is 22.4 Å². The zero-order chi connectivity index (χ0) is 36.4. The first kappa shape index (κ1) is 40.3. The zero-order valence-electron chi connectivity index (χ0n) is 33.8. The second-order valence-electron chi connectivity index (χ2n) is 19.3. The largest absolute Gasteiger partial charge is 0.497 e. The number of hydrogen-bond donors (Lipinski definition) is 0. The van der Waals surface area contributed by atoms with Crippen molar-refractivity contribution in [2.75, 3.05) is 7.11 Å². The van der Waals surface area contributed by atoms with Crippen LogP contribution in [0.15, 0.2) is 47.6 Å². The van der Waals surface area contributed by atoms with Crippen LogP contribution < -0.4 is 4.74 Å². The molecule has 0 saturated heterocycles. The molecule has 0 aromatic heterocycles. The maximum atomic E-state index is 12.9. The van der Waals surface area contributed by atoms with E-state index in [0.717, 1.165) is 49.3 Å². The Labute approximate surface area is 303 Å². The molecule has 3 aliphatic carbocycles. The highest BCUT2D eigenvalue weighted by Gasteiger charge is 2.50. The number of benzene rings is 1. The monoisotopic (exact) mass is 708 g/mol. The number of methoxy groups -OCH3 is 1. The van der Waals surface area contributed by atoms with Crippen molar-refractivity contribution < 1.29 is 18.4 Å². The summed E-state index contributed by atoms with van der Waals surface area (Å²) in [4.78, 5) is 12.9. The van der Waals surface area contributed by atoms with Gasteiger partial charge in [0.05, 0.1) is 19.3 Å². The van der Waals surface area contributed by atoms with Crippen LogP contribution in [-0.2, 0) is 8.85 Å². The Hall–Kier alpha value is -1.48. The SMILES string of the molecule is COc1ccc(C(=O)CCC[C@@H](C)[C@H]2CC[C@H]3/C(=C/C=C4C[C@@H](O[Si](C)(C)C(C)(C)C)C[C@H](O[Si](C)(C)C(C)(C)C)C4)CCC[C@]23C)cc1. The molecule has 3 saturated carbocycles. The summed E-state index contributed by atoms with van der Waals surface area (Å²) in [6.45, 7) is 28.8. The summed E-state index contributed by atoms with van der Waals surface area (Å²) in [5.74, 6) is 3.08. The Balaban J connectivity index is 1.45. The average molecular weight is 709 g/mol. The molecule has 0 heterocycles. The predicted molar refractivity (Wildman–Crippen MR) is 213 cm³/mol. The first-order valence-electron chi connectivity index (χ1n) is 19.6. The summed E-state index contributed by atoms with van der Waals surface area (Å²) < 4.78 is 19.4. The fraction of sp³-hybridized carbons (Fsp3) is 0.744. The molecule has 4 nitrogen and oxygen atoms in total. The third-order valence-corrected chi connectivity index (χ3v) is 22.8. The van der Waals surface area contributed by atoms with Crippen molar-refractivity contribution in [2.45, 2.75) is 174 Å². The minimum absolute atomic E-state index is 0.195. The second-order valence-corrected chi connectivity index (χ2v) is 28.8. The maximum Gasteiger partial charge on any atom is 0.192 e. The molecule has 0 bridgehead atoms. The Bertz CT molecular complexity index is 1290. The lowest BCUT2D eigenvalue weighted by molar-refractivity contribution is 0.0724. The van der Waals surface area contributed by atoms with Crippen LogP contribution in [0.3, 0.4) is 0 Å². The lowest BCUT2D eigenvalue weighted by atomic mass is 9.60. The molecule has 6 atom stereocenters. The van der Waals surface area contributed by atoms with Crippen molar-refractivity contribution in [1.29, 1.82) is 0 Å². The van der Waals surface area contributed by atoms with Crippen LogP contribution in [0.2, 0.25) is 36.3 Å². The molecule has 1 aromatic rings. The van der Waals surface area contributed by atoms with Crippen LogP contribution in [0.1, 0.15) is 136 Å². The Morgan fingerprint density at radius 3 is 2.02 bits per heavy atom. The summed E-state index contributed by atoms with van der Waals surface area (Å²) >= 11 is 0. The minimum atomic E-state index is -1.90. The van der Waals surface area contributed by atoms with E-state index >= 15 is 0 Å². The molecule has 4 rings (SSSR count). The Kier molecular flexibility index (Phi) is 12.9. The van der Waals surface area contributed by atoms with Gasteiger partial charge in [-0.05, 0) is 148 Å². The van der Waals surface area contributed by atoms with Crippen molar-refractivity contribution in [3.8, 4) is 5.75 Å². The molecule has 3 aliphatic rings. The van der Waals surface area contributed by atoms with E-state index in [4.69, 9.17) is 13.6 Å². The molecule has 0 radical (unpaired) electrons. The molecular weight excluding hydrogens is 637 g/mol. The number of fused-ring (bicyclic) bond motifs is 1. The summed E-state index contributed by atoms with van der Waals surface area (Å²) in [5, 5.41) is 0.391. The van der Waals surface area contributed by atoms with Gasteiger partial charge in [-0.3, -0.25) is 4.79 Å². The van der Waals surface area contributed by atoms with Crippen LogP contribution in [-0.4, -0.2) is 41.7 Å². The summed E-state index contributed by atoms with van der Waals surface area (Å²) in [6.07, 6.45) is 17.8. The molecule has 0 unspecified atom stereocenters. The standard InChI is InChI=1S/C43H72O4Si2/c1-31(16-14-18-40(44)34-21-23-35(45-9)24-22-34)38-25-26-39-33(17-15-27-43(38,39)8)20-19-32-28-36(46-48(10,11)41(2,3)4)30-37(29-32)47-49(12,13)42(5,6)7/h19-24,31,36-39H,14-18,25-30H2,1-13H3/b33-20+/t31-,36-,37-,38-,39+,43-/m1/s1. The quantitative estimate of drug-likeness (QED) is 0.160. The van der Waals surface area contributed by atoms with Gasteiger partial charge < -0.3 is 13.6 Å². The zero-order valence-corrected chi connectivity index (χ0v) is 35.8. The molecule has 0 spiro atoms. The number of rotatable bonds is 12. The normalized spacial score (nSPS) is 28.3. The molecule has 0 aliphatic heterocycles. The smallest absolute Gasteiger partial charge is 0.192 e. The van der Waals surface area contributed by atoms with Gasteiger partial charge >= 0.3 is 0 Å².